The minimum absolute atomic E-state index is 0.106. The second-order valence-electron chi connectivity index (χ2n) is 8.69. The second-order valence-corrected chi connectivity index (χ2v) is 8.69. The number of hydrogen-bond acceptors (Lipinski definition) is 2. The van der Waals surface area contributed by atoms with Crippen LogP contribution in [0.2, 0.25) is 0 Å². The maximum absolute atomic E-state index is 11.8. The third kappa shape index (κ3) is 2.48. The molecule has 3 aliphatic carbocycles. The van der Waals surface area contributed by atoms with Gasteiger partial charge in [0.2, 0.25) is 0 Å². The molecule has 0 radical (unpaired) electrons. The molecule has 6 atom stereocenters. The van der Waals surface area contributed by atoms with Crippen molar-refractivity contribution in [1.82, 2.24) is 0 Å². The standard InChI is InChI=1S/C19H32O2/c1-4-19(3)16(7-8-17(19)21)13-5-6-14-11-15(20)9-10-18(14,2)12-13/h13-14,16-17,21H,4-12H2,1-3H3/t13-,14+,16+,17+,18?,19+/m1/s1. The van der Waals surface area contributed by atoms with Gasteiger partial charge in [-0.05, 0) is 73.5 Å². The van der Waals surface area contributed by atoms with Gasteiger partial charge in [0, 0.05) is 12.8 Å². The summed E-state index contributed by atoms with van der Waals surface area (Å²) in [5.41, 5.74) is 0.511. The van der Waals surface area contributed by atoms with Crippen molar-refractivity contribution in [2.75, 3.05) is 0 Å². The van der Waals surface area contributed by atoms with Crippen molar-refractivity contribution in [2.45, 2.75) is 84.7 Å². The number of aliphatic hydroxyl groups excluding tert-OH is 1. The lowest BCUT2D eigenvalue weighted by Crippen LogP contribution is -2.44. The number of Topliss-reactive ketones (excluding diaryl/α,β-unsaturated/α-hetero) is 1. The summed E-state index contributed by atoms with van der Waals surface area (Å²) >= 11 is 0. The lowest BCUT2D eigenvalue weighted by atomic mass is 9.54. The van der Waals surface area contributed by atoms with Crippen molar-refractivity contribution in [2.24, 2.45) is 28.6 Å². The van der Waals surface area contributed by atoms with Crippen LogP contribution in [0.1, 0.15) is 78.6 Å². The van der Waals surface area contributed by atoms with E-state index in [4.69, 9.17) is 0 Å². The number of carbonyl (C=O) groups is 1. The molecule has 2 heteroatoms. The van der Waals surface area contributed by atoms with Crippen LogP contribution in [-0.4, -0.2) is 17.0 Å². The number of carbonyl (C=O) groups excluding carboxylic acids is 1. The minimum Gasteiger partial charge on any atom is -0.393 e. The Balaban J connectivity index is 1.75. The van der Waals surface area contributed by atoms with Crippen LogP contribution < -0.4 is 0 Å². The number of aliphatic hydroxyl groups is 1. The highest BCUT2D eigenvalue weighted by atomic mass is 16.3. The van der Waals surface area contributed by atoms with Crippen molar-refractivity contribution in [3.8, 4) is 0 Å². The summed E-state index contributed by atoms with van der Waals surface area (Å²) in [6.45, 7) is 6.99. The molecular formula is C19H32O2. The zero-order chi connectivity index (χ0) is 15.3. The van der Waals surface area contributed by atoms with Gasteiger partial charge in [0.15, 0.2) is 0 Å². The van der Waals surface area contributed by atoms with Crippen LogP contribution in [0.25, 0.3) is 0 Å². The number of hydrogen-bond donors (Lipinski definition) is 1. The lowest BCUT2D eigenvalue weighted by molar-refractivity contribution is -0.127. The molecule has 0 saturated heterocycles. The van der Waals surface area contributed by atoms with Crippen LogP contribution in [0.4, 0.5) is 0 Å². The van der Waals surface area contributed by atoms with E-state index in [1.165, 1.54) is 25.7 Å². The molecule has 0 amide bonds. The van der Waals surface area contributed by atoms with Gasteiger partial charge in [0.25, 0.3) is 0 Å². The molecule has 120 valence electrons. The molecule has 2 nitrogen and oxygen atoms in total. The van der Waals surface area contributed by atoms with E-state index in [9.17, 15) is 9.90 Å². The third-order valence-electron chi connectivity index (χ3n) is 7.74. The molecule has 0 heterocycles. The Morgan fingerprint density at radius 1 is 1.19 bits per heavy atom. The fourth-order valence-electron chi connectivity index (χ4n) is 5.95. The molecule has 0 bridgehead atoms. The maximum Gasteiger partial charge on any atom is 0.133 e. The zero-order valence-electron chi connectivity index (χ0n) is 14.0. The van der Waals surface area contributed by atoms with Gasteiger partial charge in [-0.3, -0.25) is 4.79 Å². The van der Waals surface area contributed by atoms with E-state index in [2.05, 4.69) is 20.8 Å². The maximum atomic E-state index is 11.8. The fourth-order valence-corrected chi connectivity index (χ4v) is 5.95. The largest absolute Gasteiger partial charge is 0.393 e. The molecule has 1 unspecified atom stereocenters. The number of ketones is 1. The van der Waals surface area contributed by atoms with Gasteiger partial charge in [-0.1, -0.05) is 20.8 Å². The number of fused-ring (bicyclic) bond motifs is 1. The molecule has 3 rings (SSSR count). The predicted octanol–water partition coefficient (Wildman–Crippen LogP) is 4.35. The van der Waals surface area contributed by atoms with E-state index in [1.807, 2.05) is 0 Å². The van der Waals surface area contributed by atoms with Gasteiger partial charge in [-0.2, -0.15) is 0 Å². The van der Waals surface area contributed by atoms with Crippen LogP contribution in [0.3, 0.4) is 0 Å². The molecule has 0 aliphatic heterocycles. The van der Waals surface area contributed by atoms with E-state index in [1.54, 1.807) is 0 Å². The van der Waals surface area contributed by atoms with Crippen LogP contribution in [0.15, 0.2) is 0 Å². The summed E-state index contributed by atoms with van der Waals surface area (Å²) in [6.07, 6.45) is 9.72. The first-order valence-corrected chi connectivity index (χ1v) is 9.09. The molecule has 21 heavy (non-hydrogen) atoms. The molecule has 0 aromatic rings. The summed E-state index contributed by atoms with van der Waals surface area (Å²) < 4.78 is 0. The molecule has 3 aliphatic rings. The highest BCUT2D eigenvalue weighted by Crippen LogP contribution is 2.58. The van der Waals surface area contributed by atoms with Gasteiger partial charge in [-0.15, -0.1) is 0 Å². The van der Waals surface area contributed by atoms with E-state index < -0.39 is 0 Å². The van der Waals surface area contributed by atoms with Gasteiger partial charge >= 0.3 is 0 Å². The Morgan fingerprint density at radius 2 is 1.95 bits per heavy atom. The molecule has 1 N–H and O–H groups in total. The molecule has 0 aromatic heterocycles. The normalized spacial score (nSPS) is 51.0. The Labute approximate surface area is 129 Å². The average Bonchev–Trinajstić information content (AvgIpc) is 2.76. The van der Waals surface area contributed by atoms with Crippen molar-refractivity contribution < 1.29 is 9.90 Å². The van der Waals surface area contributed by atoms with Crippen molar-refractivity contribution in [3.05, 3.63) is 0 Å². The quantitative estimate of drug-likeness (QED) is 0.821. The Bertz CT molecular complexity index is 418. The Morgan fingerprint density at radius 3 is 2.67 bits per heavy atom. The van der Waals surface area contributed by atoms with E-state index >= 15 is 0 Å². The smallest absolute Gasteiger partial charge is 0.133 e. The van der Waals surface area contributed by atoms with Crippen LogP contribution in [0.5, 0.6) is 0 Å². The summed E-state index contributed by atoms with van der Waals surface area (Å²) in [5, 5.41) is 10.4. The minimum atomic E-state index is -0.106. The fraction of sp³-hybridized carbons (Fsp3) is 0.947. The molecule has 3 fully saturated rings. The summed E-state index contributed by atoms with van der Waals surface area (Å²) in [7, 11) is 0. The van der Waals surface area contributed by atoms with Gasteiger partial charge < -0.3 is 5.11 Å². The molecule has 3 saturated carbocycles. The van der Waals surface area contributed by atoms with Crippen LogP contribution in [0, 0.1) is 28.6 Å². The van der Waals surface area contributed by atoms with E-state index in [0.29, 0.717) is 23.0 Å². The molecule has 0 aromatic carbocycles. The first-order chi connectivity index (χ1) is 9.89. The topological polar surface area (TPSA) is 37.3 Å². The predicted molar refractivity (Wildman–Crippen MR) is 84.9 cm³/mol. The third-order valence-corrected chi connectivity index (χ3v) is 7.74. The molecule has 0 spiro atoms. The Kier molecular flexibility index (Phi) is 3.97. The average molecular weight is 292 g/mol. The zero-order valence-corrected chi connectivity index (χ0v) is 14.0. The molecular weight excluding hydrogens is 260 g/mol. The monoisotopic (exact) mass is 292 g/mol. The van der Waals surface area contributed by atoms with Crippen LogP contribution in [-0.2, 0) is 4.79 Å². The second kappa shape index (κ2) is 5.37. The first kappa shape index (κ1) is 15.5. The van der Waals surface area contributed by atoms with E-state index in [0.717, 1.165) is 38.0 Å². The van der Waals surface area contributed by atoms with E-state index in [-0.39, 0.29) is 11.5 Å². The van der Waals surface area contributed by atoms with Gasteiger partial charge in [-0.25, -0.2) is 0 Å². The SMILES string of the molecule is CC[C@]1(C)[C@@H](O)CC[C@H]1[C@@H]1CC[C@H]2CC(=O)CCC2(C)C1. The van der Waals surface area contributed by atoms with Crippen molar-refractivity contribution in [1.29, 1.82) is 0 Å². The van der Waals surface area contributed by atoms with Gasteiger partial charge in [0.05, 0.1) is 6.10 Å². The summed E-state index contributed by atoms with van der Waals surface area (Å²) in [4.78, 5) is 11.8. The highest BCUT2D eigenvalue weighted by molar-refractivity contribution is 5.79. The van der Waals surface area contributed by atoms with Crippen molar-refractivity contribution >= 4 is 5.78 Å². The summed E-state index contributed by atoms with van der Waals surface area (Å²) in [5.74, 6) is 2.58. The lowest BCUT2D eigenvalue weighted by Gasteiger charge is -2.51. The first-order valence-electron chi connectivity index (χ1n) is 9.09. The highest BCUT2D eigenvalue weighted by Gasteiger charge is 2.52. The Hall–Kier alpha value is -0.370. The van der Waals surface area contributed by atoms with Gasteiger partial charge in [0.1, 0.15) is 5.78 Å². The van der Waals surface area contributed by atoms with Crippen LogP contribution >= 0.6 is 0 Å². The summed E-state index contributed by atoms with van der Waals surface area (Å²) in [6, 6.07) is 0. The van der Waals surface area contributed by atoms with Crippen molar-refractivity contribution in [3.63, 3.8) is 0 Å². The number of rotatable bonds is 2.